The van der Waals surface area contributed by atoms with Crippen molar-refractivity contribution in [3.8, 4) is 22.3 Å². The molecular weight excluding hydrogens is 312 g/mol. The number of hydrogen-bond acceptors (Lipinski definition) is 0. The smallest absolute Gasteiger partial charge is 0.00204 e. The highest BCUT2D eigenvalue weighted by Gasteiger charge is 2.12. The van der Waals surface area contributed by atoms with Gasteiger partial charge in [0.1, 0.15) is 0 Å². The van der Waals surface area contributed by atoms with Gasteiger partial charge in [0.25, 0.3) is 0 Å². The van der Waals surface area contributed by atoms with Crippen LogP contribution < -0.4 is 0 Å². The fourth-order valence-corrected chi connectivity index (χ4v) is 3.71. The molecular formula is C26H17. The lowest BCUT2D eigenvalue weighted by atomic mass is 9.89. The van der Waals surface area contributed by atoms with Gasteiger partial charge in [0.05, 0.1) is 0 Å². The molecule has 0 aliphatic heterocycles. The van der Waals surface area contributed by atoms with Crippen LogP contribution in [0.2, 0.25) is 0 Å². The molecule has 0 unspecified atom stereocenters. The summed E-state index contributed by atoms with van der Waals surface area (Å²) in [7, 11) is 0. The largest absolute Gasteiger partial charge is 0.0622 e. The fraction of sp³-hybridized carbons (Fsp3) is 0. The van der Waals surface area contributed by atoms with Gasteiger partial charge in [-0.3, -0.25) is 0 Å². The van der Waals surface area contributed by atoms with Crippen LogP contribution in [0.1, 0.15) is 0 Å². The van der Waals surface area contributed by atoms with Crippen molar-refractivity contribution in [3.63, 3.8) is 0 Å². The Kier molecular flexibility index (Phi) is 3.54. The van der Waals surface area contributed by atoms with Crippen molar-refractivity contribution in [3.05, 3.63) is 109 Å². The molecule has 0 nitrogen and oxygen atoms in total. The minimum Gasteiger partial charge on any atom is -0.0622 e. The minimum absolute atomic E-state index is 1.13. The van der Waals surface area contributed by atoms with E-state index in [9.17, 15) is 0 Å². The maximum Gasteiger partial charge on any atom is -0.00204 e. The molecule has 26 heavy (non-hydrogen) atoms. The van der Waals surface area contributed by atoms with E-state index in [1.165, 1.54) is 38.2 Å². The van der Waals surface area contributed by atoms with Crippen molar-refractivity contribution in [2.45, 2.75) is 0 Å². The average molecular weight is 329 g/mol. The Morgan fingerprint density at radius 1 is 0.538 bits per heavy atom. The Hall–Kier alpha value is -3.38. The van der Waals surface area contributed by atoms with Gasteiger partial charge >= 0.3 is 0 Å². The first-order valence-electron chi connectivity index (χ1n) is 8.88. The summed E-state index contributed by atoms with van der Waals surface area (Å²) in [6.45, 7) is 0. The molecule has 0 heteroatoms. The van der Waals surface area contributed by atoms with E-state index < -0.39 is 0 Å². The second-order valence-corrected chi connectivity index (χ2v) is 6.55. The predicted molar refractivity (Wildman–Crippen MR) is 111 cm³/mol. The monoisotopic (exact) mass is 329 g/mol. The van der Waals surface area contributed by atoms with Crippen LogP contribution >= 0.6 is 0 Å². The number of hydrogen-bond donors (Lipinski definition) is 0. The third kappa shape index (κ3) is 2.48. The van der Waals surface area contributed by atoms with Gasteiger partial charge in [-0.1, -0.05) is 91.0 Å². The Morgan fingerprint density at radius 3 is 2.04 bits per heavy atom. The van der Waals surface area contributed by atoms with Crippen LogP contribution in [0, 0.1) is 6.07 Å². The lowest BCUT2D eigenvalue weighted by molar-refractivity contribution is 1.61. The van der Waals surface area contributed by atoms with Crippen molar-refractivity contribution in [1.29, 1.82) is 0 Å². The molecule has 0 N–H and O–H groups in total. The van der Waals surface area contributed by atoms with E-state index in [0.29, 0.717) is 0 Å². The van der Waals surface area contributed by atoms with Crippen LogP contribution in [0.15, 0.2) is 103 Å². The van der Waals surface area contributed by atoms with Crippen molar-refractivity contribution in [2.24, 2.45) is 0 Å². The summed E-state index contributed by atoms with van der Waals surface area (Å²) in [5.74, 6) is 0. The van der Waals surface area contributed by atoms with E-state index in [0.717, 1.165) is 5.56 Å². The zero-order valence-corrected chi connectivity index (χ0v) is 14.3. The number of rotatable bonds is 2. The Morgan fingerprint density at radius 2 is 1.27 bits per heavy atom. The van der Waals surface area contributed by atoms with Crippen LogP contribution in [-0.2, 0) is 0 Å². The van der Waals surface area contributed by atoms with E-state index >= 15 is 0 Å². The van der Waals surface area contributed by atoms with E-state index in [1.54, 1.807) is 0 Å². The van der Waals surface area contributed by atoms with Crippen LogP contribution in [0.5, 0.6) is 0 Å². The Labute approximate surface area is 153 Å². The second kappa shape index (κ2) is 6.16. The maximum absolute atomic E-state index is 3.44. The standard InChI is InChI=1S/C26H17/c1-3-9-19(10-4-1)24-16-15-23-17-21-13-7-8-14-22(21)18-25(23)26(24)20-11-5-2-6-12-20/h1-11,13-18H. The summed E-state index contributed by atoms with van der Waals surface area (Å²) < 4.78 is 0. The molecule has 5 rings (SSSR count). The lowest BCUT2D eigenvalue weighted by Gasteiger charge is -2.15. The van der Waals surface area contributed by atoms with Gasteiger partial charge in [0, 0.05) is 0 Å². The highest BCUT2D eigenvalue weighted by molar-refractivity contribution is 6.09. The molecule has 0 aliphatic carbocycles. The van der Waals surface area contributed by atoms with Gasteiger partial charge in [0.15, 0.2) is 0 Å². The maximum atomic E-state index is 3.44. The molecule has 0 aromatic heterocycles. The summed E-state index contributed by atoms with van der Waals surface area (Å²) >= 11 is 0. The zero-order valence-electron chi connectivity index (χ0n) is 14.3. The quantitative estimate of drug-likeness (QED) is 0.302. The fourth-order valence-electron chi connectivity index (χ4n) is 3.71. The zero-order chi connectivity index (χ0) is 17.3. The topological polar surface area (TPSA) is 0 Å². The van der Waals surface area contributed by atoms with Crippen LogP contribution in [0.3, 0.4) is 0 Å². The summed E-state index contributed by atoms with van der Waals surface area (Å²) in [5, 5.41) is 5.07. The highest BCUT2D eigenvalue weighted by atomic mass is 14.2. The minimum atomic E-state index is 1.13. The first kappa shape index (κ1) is 14.9. The molecule has 0 fully saturated rings. The van der Waals surface area contributed by atoms with Crippen LogP contribution in [0.25, 0.3) is 43.8 Å². The van der Waals surface area contributed by atoms with Gasteiger partial charge in [-0.05, 0) is 62.0 Å². The molecule has 5 aromatic carbocycles. The van der Waals surface area contributed by atoms with Crippen LogP contribution in [0.4, 0.5) is 0 Å². The molecule has 0 saturated heterocycles. The molecule has 0 heterocycles. The molecule has 0 atom stereocenters. The highest BCUT2D eigenvalue weighted by Crippen LogP contribution is 2.39. The Balaban J connectivity index is 1.92. The normalized spacial score (nSPS) is 11.1. The molecule has 0 bridgehead atoms. The lowest BCUT2D eigenvalue weighted by Crippen LogP contribution is -1.88. The molecule has 0 amide bonds. The molecule has 0 spiro atoms. The second-order valence-electron chi connectivity index (χ2n) is 6.55. The van der Waals surface area contributed by atoms with Crippen molar-refractivity contribution >= 4 is 21.5 Å². The molecule has 0 saturated carbocycles. The average Bonchev–Trinajstić information content (AvgIpc) is 2.72. The summed E-state index contributed by atoms with van der Waals surface area (Å²) in [5.41, 5.74) is 4.86. The van der Waals surface area contributed by atoms with Gasteiger partial charge < -0.3 is 0 Å². The molecule has 5 aromatic rings. The number of fused-ring (bicyclic) bond motifs is 2. The van der Waals surface area contributed by atoms with Gasteiger partial charge in [-0.15, -0.1) is 0 Å². The summed E-state index contributed by atoms with van der Waals surface area (Å²) in [6.07, 6.45) is 0. The third-order valence-electron chi connectivity index (χ3n) is 4.95. The first-order chi connectivity index (χ1) is 12.9. The van der Waals surface area contributed by atoms with Gasteiger partial charge in [-0.25, -0.2) is 0 Å². The SMILES string of the molecule is [c]1ccccc1-c1c(-c2ccccc2)ccc2cc3ccccc3cc12. The van der Waals surface area contributed by atoms with E-state index in [1.807, 2.05) is 12.1 Å². The van der Waals surface area contributed by atoms with E-state index in [-0.39, 0.29) is 0 Å². The van der Waals surface area contributed by atoms with Gasteiger partial charge in [0.2, 0.25) is 0 Å². The Bertz CT molecular complexity index is 1200. The summed E-state index contributed by atoms with van der Waals surface area (Å²) in [4.78, 5) is 0. The molecule has 1 radical (unpaired) electrons. The van der Waals surface area contributed by atoms with Gasteiger partial charge in [-0.2, -0.15) is 0 Å². The summed E-state index contributed by atoms with van der Waals surface area (Å²) in [6, 6.07) is 39.9. The number of benzene rings is 5. The van der Waals surface area contributed by atoms with Crippen molar-refractivity contribution in [1.82, 2.24) is 0 Å². The van der Waals surface area contributed by atoms with E-state index in [2.05, 4.69) is 97.1 Å². The van der Waals surface area contributed by atoms with Crippen molar-refractivity contribution < 1.29 is 0 Å². The van der Waals surface area contributed by atoms with Crippen molar-refractivity contribution in [2.75, 3.05) is 0 Å². The van der Waals surface area contributed by atoms with Crippen LogP contribution in [-0.4, -0.2) is 0 Å². The first-order valence-corrected chi connectivity index (χ1v) is 8.88. The molecule has 121 valence electrons. The third-order valence-corrected chi connectivity index (χ3v) is 4.95. The predicted octanol–water partition coefficient (Wildman–Crippen LogP) is 7.13. The van der Waals surface area contributed by atoms with E-state index in [4.69, 9.17) is 0 Å². The molecule has 0 aliphatic rings.